The highest BCUT2D eigenvalue weighted by atomic mass is 16.6. The quantitative estimate of drug-likeness (QED) is 0.598. The highest BCUT2D eigenvalue weighted by Crippen LogP contribution is 2.23. The number of non-ortho nitro benzene ring substituents is 1. The van der Waals surface area contributed by atoms with E-state index in [0.717, 1.165) is 18.5 Å². The van der Waals surface area contributed by atoms with E-state index in [9.17, 15) is 10.1 Å². The summed E-state index contributed by atoms with van der Waals surface area (Å²) >= 11 is 0. The molecule has 0 atom stereocenters. The van der Waals surface area contributed by atoms with Gasteiger partial charge in [0.15, 0.2) is 0 Å². The van der Waals surface area contributed by atoms with Crippen molar-refractivity contribution in [2.75, 3.05) is 18.1 Å². The third-order valence-electron chi connectivity index (χ3n) is 3.12. The van der Waals surface area contributed by atoms with Crippen LogP contribution < -0.4 is 4.90 Å². The average molecular weight is 252 g/mol. The molecule has 0 aliphatic heterocycles. The SMILES string of the molecule is CCC(CC)N(CCO)c1ccc([N+](=O)[O-])cc1. The Morgan fingerprint density at radius 3 is 2.22 bits per heavy atom. The second-order valence-electron chi connectivity index (χ2n) is 4.16. The normalized spacial score (nSPS) is 10.7. The van der Waals surface area contributed by atoms with Gasteiger partial charge in [-0.3, -0.25) is 10.1 Å². The van der Waals surface area contributed by atoms with Crippen LogP contribution in [-0.4, -0.2) is 29.2 Å². The summed E-state index contributed by atoms with van der Waals surface area (Å²) in [6, 6.07) is 6.83. The number of nitro benzene ring substituents is 1. The minimum absolute atomic E-state index is 0.0769. The molecule has 0 heterocycles. The molecular formula is C13H20N2O3. The molecule has 0 saturated heterocycles. The van der Waals surface area contributed by atoms with Crippen molar-refractivity contribution in [3.8, 4) is 0 Å². The van der Waals surface area contributed by atoms with E-state index in [-0.39, 0.29) is 12.3 Å². The van der Waals surface area contributed by atoms with Gasteiger partial charge in [0.05, 0.1) is 11.5 Å². The Bertz CT molecular complexity index is 374. The van der Waals surface area contributed by atoms with E-state index in [0.29, 0.717) is 12.6 Å². The molecule has 5 nitrogen and oxygen atoms in total. The number of rotatable bonds is 7. The maximum atomic E-state index is 10.6. The summed E-state index contributed by atoms with van der Waals surface area (Å²) < 4.78 is 0. The van der Waals surface area contributed by atoms with Crippen LogP contribution in [0.1, 0.15) is 26.7 Å². The number of aliphatic hydroxyl groups is 1. The van der Waals surface area contributed by atoms with Crippen LogP contribution in [0.25, 0.3) is 0 Å². The molecule has 0 amide bonds. The van der Waals surface area contributed by atoms with Crippen molar-refractivity contribution >= 4 is 11.4 Å². The van der Waals surface area contributed by atoms with Crippen LogP contribution in [0.15, 0.2) is 24.3 Å². The molecule has 100 valence electrons. The van der Waals surface area contributed by atoms with Crippen LogP contribution in [0.4, 0.5) is 11.4 Å². The van der Waals surface area contributed by atoms with Gasteiger partial charge in [0.2, 0.25) is 0 Å². The van der Waals surface area contributed by atoms with E-state index < -0.39 is 4.92 Å². The number of hydrogen-bond acceptors (Lipinski definition) is 4. The van der Waals surface area contributed by atoms with Crippen molar-refractivity contribution in [3.63, 3.8) is 0 Å². The number of aliphatic hydroxyl groups excluding tert-OH is 1. The van der Waals surface area contributed by atoms with Crippen LogP contribution in [0.5, 0.6) is 0 Å². The average Bonchev–Trinajstić information content (AvgIpc) is 2.39. The van der Waals surface area contributed by atoms with Crippen molar-refractivity contribution in [1.82, 2.24) is 0 Å². The van der Waals surface area contributed by atoms with Crippen molar-refractivity contribution < 1.29 is 10.0 Å². The summed E-state index contributed by atoms with van der Waals surface area (Å²) in [5.41, 5.74) is 1.01. The van der Waals surface area contributed by atoms with Crippen molar-refractivity contribution in [2.45, 2.75) is 32.7 Å². The van der Waals surface area contributed by atoms with Gasteiger partial charge in [0, 0.05) is 30.4 Å². The Morgan fingerprint density at radius 1 is 1.28 bits per heavy atom. The van der Waals surface area contributed by atoms with Gasteiger partial charge in [-0.15, -0.1) is 0 Å². The summed E-state index contributed by atoms with van der Waals surface area (Å²) in [7, 11) is 0. The Balaban J connectivity index is 2.94. The van der Waals surface area contributed by atoms with Gasteiger partial charge >= 0.3 is 0 Å². The minimum Gasteiger partial charge on any atom is -0.395 e. The first-order chi connectivity index (χ1) is 8.63. The Hall–Kier alpha value is -1.62. The summed E-state index contributed by atoms with van der Waals surface area (Å²) in [6.07, 6.45) is 1.96. The van der Waals surface area contributed by atoms with Crippen LogP contribution in [-0.2, 0) is 0 Å². The van der Waals surface area contributed by atoms with E-state index in [2.05, 4.69) is 18.7 Å². The third kappa shape index (κ3) is 3.43. The molecule has 0 aliphatic carbocycles. The van der Waals surface area contributed by atoms with Gasteiger partial charge in [-0.2, -0.15) is 0 Å². The molecule has 1 aromatic rings. The molecule has 5 heteroatoms. The van der Waals surface area contributed by atoms with Crippen LogP contribution in [0.3, 0.4) is 0 Å². The first kappa shape index (κ1) is 14.4. The van der Waals surface area contributed by atoms with Gasteiger partial charge in [-0.25, -0.2) is 0 Å². The highest BCUT2D eigenvalue weighted by Gasteiger charge is 2.16. The highest BCUT2D eigenvalue weighted by molar-refractivity contribution is 5.51. The van der Waals surface area contributed by atoms with Crippen LogP contribution in [0, 0.1) is 10.1 Å². The predicted molar refractivity (Wildman–Crippen MR) is 71.9 cm³/mol. The molecule has 0 saturated carbocycles. The van der Waals surface area contributed by atoms with E-state index >= 15 is 0 Å². The lowest BCUT2D eigenvalue weighted by Gasteiger charge is -2.32. The molecule has 0 aliphatic rings. The predicted octanol–water partition coefficient (Wildman–Crippen LogP) is 2.58. The zero-order chi connectivity index (χ0) is 13.5. The Kier molecular flexibility index (Phi) is 5.58. The lowest BCUT2D eigenvalue weighted by Crippen LogP contribution is -2.36. The second-order valence-corrected chi connectivity index (χ2v) is 4.16. The number of nitrogens with zero attached hydrogens (tertiary/aromatic N) is 2. The molecular weight excluding hydrogens is 232 g/mol. The number of anilines is 1. The standard InChI is InChI=1S/C13H20N2O3/c1-3-11(4-2)14(9-10-16)12-5-7-13(8-6-12)15(17)18/h5-8,11,16H,3-4,9-10H2,1-2H3. The summed E-state index contributed by atoms with van der Waals surface area (Å²) in [5, 5.41) is 19.7. The molecule has 0 spiro atoms. The second kappa shape index (κ2) is 6.96. The maximum Gasteiger partial charge on any atom is 0.269 e. The zero-order valence-corrected chi connectivity index (χ0v) is 10.9. The molecule has 1 aromatic carbocycles. The van der Waals surface area contributed by atoms with Gasteiger partial charge in [0.25, 0.3) is 5.69 Å². The summed E-state index contributed by atoms with van der Waals surface area (Å²) in [5.74, 6) is 0. The Labute approximate surface area is 107 Å². The van der Waals surface area contributed by atoms with Gasteiger partial charge in [-0.05, 0) is 25.0 Å². The molecule has 0 fully saturated rings. The van der Waals surface area contributed by atoms with Crippen molar-refractivity contribution in [1.29, 1.82) is 0 Å². The summed E-state index contributed by atoms with van der Waals surface area (Å²) in [6.45, 7) is 4.82. The molecule has 1 N–H and O–H groups in total. The number of benzene rings is 1. The topological polar surface area (TPSA) is 66.6 Å². The number of nitro groups is 1. The van der Waals surface area contributed by atoms with Gasteiger partial charge < -0.3 is 10.0 Å². The minimum atomic E-state index is -0.405. The fourth-order valence-corrected chi connectivity index (χ4v) is 2.13. The smallest absolute Gasteiger partial charge is 0.269 e. The third-order valence-corrected chi connectivity index (χ3v) is 3.12. The largest absolute Gasteiger partial charge is 0.395 e. The van der Waals surface area contributed by atoms with Gasteiger partial charge in [0.1, 0.15) is 0 Å². The van der Waals surface area contributed by atoms with Crippen LogP contribution in [0.2, 0.25) is 0 Å². The monoisotopic (exact) mass is 252 g/mol. The summed E-state index contributed by atoms with van der Waals surface area (Å²) in [4.78, 5) is 12.3. The molecule has 0 bridgehead atoms. The first-order valence-electron chi connectivity index (χ1n) is 6.26. The fraction of sp³-hybridized carbons (Fsp3) is 0.538. The number of hydrogen-bond donors (Lipinski definition) is 1. The molecule has 0 unspecified atom stereocenters. The van der Waals surface area contributed by atoms with E-state index in [1.54, 1.807) is 12.1 Å². The van der Waals surface area contributed by atoms with Crippen molar-refractivity contribution in [2.24, 2.45) is 0 Å². The van der Waals surface area contributed by atoms with Gasteiger partial charge in [-0.1, -0.05) is 13.8 Å². The van der Waals surface area contributed by atoms with Crippen molar-refractivity contribution in [3.05, 3.63) is 34.4 Å². The molecule has 0 radical (unpaired) electrons. The first-order valence-corrected chi connectivity index (χ1v) is 6.26. The van der Waals surface area contributed by atoms with Crippen LogP contribution >= 0.6 is 0 Å². The molecule has 18 heavy (non-hydrogen) atoms. The zero-order valence-electron chi connectivity index (χ0n) is 10.9. The molecule has 1 rings (SSSR count). The van der Waals surface area contributed by atoms with E-state index in [4.69, 9.17) is 5.11 Å². The van der Waals surface area contributed by atoms with E-state index in [1.807, 2.05) is 0 Å². The fourth-order valence-electron chi connectivity index (χ4n) is 2.13. The Morgan fingerprint density at radius 2 is 1.83 bits per heavy atom. The maximum absolute atomic E-state index is 10.6. The van der Waals surface area contributed by atoms with E-state index in [1.165, 1.54) is 12.1 Å². The molecule has 0 aromatic heterocycles. The lowest BCUT2D eigenvalue weighted by atomic mass is 10.1. The lowest BCUT2D eigenvalue weighted by molar-refractivity contribution is -0.384.